The van der Waals surface area contributed by atoms with Crippen molar-refractivity contribution in [2.24, 2.45) is 5.92 Å². The molecule has 1 atom stereocenters. The second kappa shape index (κ2) is 7.36. The first-order valence-corrected chi connectivity index (χ1v) is 9.20. The zero-order chi connectivity index (χ0) is 17.1. The van der Waals surface area contributed by atoms with Crippen LogP contribution in [0.4, 0.5) is 0 Å². The van der Waals surface area contributed by atoms with Crippen molar-refractivity contribution in [1.29, 1.82) is 0 Å². The third kappa shape index (κ3) is 3.32. The molecule has 2 amide bonds. The van der Waals surface area contributed by atoms with Gasteiger partial charge in [0.1, 0.15) is 5.69 Å². The number of carbonyl (C=O) groups is 2. The molecule has 1 fully saturated rings. The number of rotatable bonds is 5. The molecule has 0 radical (unpaired) electrons. The third-order valence-corrected chi connectivity index (χ3v) is 5.26. The highest BCUT2D eigenvalue weighted by atomic mass is 16.2. The summed E-state index contributed by atoms with van der Waals surface area (Å²) in [5, 5.41) is 0. The molecule has 2 aliphatic rings. The largest absolute Gasteiger partial charge is 0.342 e. The van der Waals surface area contributed by atoms with Gasteiger partial charge in [0.05, 0.1) is 17.9 Å². The molecule has 0 bridgehead atoms. The average Bonchev–Trinajstić information content (AvgIpc) is 3.27. The van der Waals surface area contributed by atoms with Crippen molar-refractivity contribution >= 4 is 11.8 Å². The van der Waals surface area contributed by atoms with Crippen molar-refractivity contribution in [3.05, 3.63) is 17.7 Å². The number of imidazole rings is 1. The minimum atomic E-state index is 0.00141. The van der Waals surface area contributed by atoms with E-state index in [0.29, 0.717) is 12.2 Å². The van der Waals surface area contributed by atoms with Gasteiger partial charge in [-0.1, -0.05) is 13.3 Å². The smallest absolute Gasteiger partial charge is 0.274 e. The molecule has 6 heteroatoms. The molecule has 3 heterocycles. The summed E-state index contributed by atoms with van der Waals surface area (Å²) >= 11 is 0. The van der Waals surface area contributed by atoms with Gasteiger partial charge in [-0.15, -0.1) is 0 Å². The molecule has 0 spiro atoms. The van der Waals surface area contributed by atoms with Crippen LogP contribution in [-0.4, -0.2) is 57.8 Å². The fraction of sp³-hybridized carbons (Fsp3) is 0.722. The van der Waals surface area contributed by atoms with E-state index in [1.54, 1.807) is 11.2 Å². The molecule has 0 aromatic carbocycles. The van der Waals surface area contributed by atoms with Gasteiger partial charge < -0.3 is 14.4 Å². The Morgan fingerprint density at radius 3 is 2.79 bits per heavy atom. The van der Waals surface area contributed by atoms with Gasteiger partial charge in [0.25, 0.3) is 5.91 Å². The lowest BCUT2D eigenvalue weighted by atomic mass is 9.95. The van der Waals surface area contributed by atoms with Gasteiger partial charge in [-0.25, -0.2) is 4.98 Å². The Hall–Kier alpha value is -1.85. The maximum Gasteiger partial charge on any atom is 0.274 e. The van der Waals surface area contributed by atoms with E-state index < -0.39 is 0 Å². The summed E-state index contributed by atoms with van der Waals surface area (Å²) in [7, 11) is 1.84. The van der Waals surface area contributed by atoms with E-state index in [0.717, 1.165) is 63.9 Å². The first kappa shape index (κ1) is 17.0. The number of hydrogen-bond acceptors (Lipinski definition) is 3. The molecule has 2 aliphatic heterocycles. The van der Waals surface area contributed by atoms with Crippen LogP contribution in [0, 0.1) is 5.92 Å². The molecule has 1 saturated heterocycles. The van der Waals surface area contributed by atoms with Gasteiger partial charge in [0, 0.05) is 33.2 Å². The maximum absolute atomic E-state index is 12.6. The van der Waals surface area contributed by atoms with Crippen LogP contribution in [-0.2, 0) is 17.8 Å². The molecule has 1 unspecified atom stereocenters. The van der Waals surface area contributed by atoms with Crippen molar-refractivity contribution in [2.75, 3.05) is 26.7 Å². The van der Waals surface area contributed by atoms with Crippen molar-refractivity contribution in [2.45, 2.75) is 52.0 Å². The summed E-state index contributed by atoms with van der Waals surface area (Å²) < 4.78 is 2.02. The molecule has 1 aromatic heterocycles. The average molecular weight is 332 g/mol. The van der Waals surface area contributed by atoms with E-state index in [-0.39, 0.29) is 17.7 Å². The van der Waals surface area contributed by atoms with Crippen LogP contribution >= 0.6 is 0 Å². The van der Waals surface area contributed by atoms with Crippen LogP contribution in [0.2, 0.25) is 0 Å². The highest BCUT2D eigenvalue weighted by molar-refractivity contribution is 5.93. The van der Waals surface area contributed by atoms with Crippen LogP contribution in [0.5, 0.6) is 0 Å². The minimum absolute atomic E-state index is 0.00141. The predicted octanol–water partition coefficient (Wildman–Crippen LogP) is 1.94. The Labute approximate surface area is 143 Å². The second-order valence-electron chi connectivity index (χ2n) is 7.04. The Balaban J connectivity index is 1.67. The van der Waals surface area contributed by atoms with Crippen LogP contribution in [0.1, 0.15) is 55.2 Å². The summed E-state index contributed by atoms with van der Waals surface area (Å²) in [4.78, 5) is 33.3. The third-order valence-electron chi connectivity index (χ3n) is 5.26. The molecule has 24 heavy (non-hydrogen) atoms. The fourth-order valence-corrected chi connectivity index (χ4v) is 3.72. The van der Waals surface area contributed by atoms with Gasteiger partial charge in [0.2, 0.25) is 5.91 Å². The first-order valence-electron chi connectivity index (χ1n) is 9.20. The van der Waals surface area contributed by atoms with Crippen molar-refractivity contribution < 1.29 is 9.59 Å². The quantitative estimate of drug-likeness (QED) is 0.828. The molecule has 0 saturated carbocycles. The number of unbranched alkanes of at least 4 members (excludes halogenated alkanes) is 1. The number of hydrogen-bond donors (Lipinski definition) is 0. The highest BCUT2D eigenvalue weighted by Gasteiger charge is 2.32. The monoisotopic (exact) mass is 332 g/mol. The molecular formula is C18H28N4O2. The van der Waals surface area contributed by atoms with E-state index in [9.17, 15) is 9.59 Å². The van der Waals surface area contributed by atoms with Gasteiger partial charge in [-0.05, 0) is 32.1 Å². The number of carbonyl (C=O) groups excluding carboxylic acids is 2. The van der Waals surface area contributed by atoms with Crippen LogP contribution in [0.15, 0.2) is 6.33 Å². The molecule has 1 aromatic rings. The van der Waals surface area contributed by atoms with E-state index in [2.05, 4.69) is 11.9 Å². The Kier molecular flexibility index (Phi) is 5.21. The van der Waals surface area contributed by atoms with Crippen LogP contribution < -0.4 is 0 Å². The molecule has 132 valence electrons. The van der Waals surface area contributed by atoms with E-state index >= 15 is 0 Å². The summed E-state index contributed by atoms with van der Waals surface area (Å²) in [6, 6.07) is 0. The normalized spacial score (nSPS) is 20.1. The highest BCUT2D eigenvalue weighted by Crippen LogP contribution is 2.25. The van der Waals surface area contributed by atoms with E-state index in [1.165, 1.54) is 0 Å². The van der Waals surface area contributed by atoms with E-state index in [1.807, 2.05) is 16.5 Å². The number of fused-ring (bicyclic) bond motifs is 1. The van der Waals surface area contributed by atoms with E-state index in [4.69, 9.17) is 0 Å². The fourth-order valence-electron chi connectivity index (χ4n) is 3.72. The first-order chi connectivity index (χ1) is 11.6. The molecule has 0 N–H and O–H groups in total. The maximum atomic E-state index is 12.6. The lowest BCUT2D eigenvalue weighted by molar-refractivity contribution is -0.135. The van der Waals surface area contributed by atoms with Gasteiger partial charge in [-0.2, -0.15) is 0 Å². The van der Waals surface area contributed by atoms with Gasteiger partial charge in [0.15, 0.2) is 0 Å². The Bertz CT molecular complexity index is 604. The molecule has 0 aliphatic carbocycles. The summed E-state index contributed by atoms with van der Waals surface area (Å²) in [6.45, 7) is 5.34. The Morgan fingerprint density at radius 1 is 1.33 bits per heavy atom. The lowest BCUT2D eigenvalue weighted by Crippen LogP contribution is -2.38. The number of likely N-dealkylation sites (tertiary alicyclic amines) is 1. The molecular weight excluding hydrogens is 304 g/mol. The predicted molar refractivity (Wildman–Crippen MR) is 91.7 cm³/mol. The van der Waals surface area contributed by atoms with Crippen molar-refractivity contribution in [1.82, 2.24) is 19.4 Å². The van der Waals surface area contributed by atoms with Gasteiger partial charge in [-0.3, -0.25) is 9.59 Å². The lowest BCUT2D eigenvalue weighted by Gasteiger charge is -2.28. The van der Waals surface area contributed by atoms with Gasteiger partial charge >= 0.3 is 0 Å². The Morgan fingerprint density at radius 2 is 2.08 bits per heavy atom. The topological polar surface area (TPSA) is 58.4 Å². The second-order valence-corrected chi connectivity index (χ2v) is 7.04. The zero-order valence-corrected chi connectivity index (χ0v) is 14.8. The summed E-state index contributed by atoms with van der Waals surface area (Å²) in [6.07, 6.45) is 7.63. The number of aromatic nitrogens is 2. The molecule has 3 rings (SSSR count). The zero-order valence-electron chi connectivity index (χ0n) is 14.8. The van der Waals surface area contributed by atoms with Crippen LogP contribution in [0.25, 0.3) is 0 Å². The SMILES string of the molecule is CCCCN(C)C(=O)c1ncn2c1CCC(C(=O)N1CCCC1)C2. The summed E-state index contributed by atoms with van der Waals surface area (Å²) in [5.74, 6) is 0.312. The number of amides is 2. The number of nitrogens with zero attached hydrogens (tertiary/aromatic N) is 4. The standard InChI is InChI=1S/C18H28N4O2/c1-3-4-9-20(2)18(24)16-15-8-7-14(12-22(15)13-19-16)17(23)21-10-5-6-11-21/h13-14H,3-12H2,1-2H3. The minimum Gasteiger partial charge on any atom is -0.342 e. The van der Waals surface area contributed by atoms with Crippen molar-refractivity contribution in [3.63, 3.8) is 0 Å². The summed E-state index contributed by atoms with van der Waals surface area (Å²) in [5.41, 5.74) is 1.56. The van der Waals surface area contributed by atoms with Crippen LogP contribution in [0.3, 0.4) is 0 Å². The van der Waals surface area contributed by atoms with Crippen molar-refractivity contribution in [3.8, 4) is 0 Å². The molecule has 6 nitrogen and oxygen atoms in total.